The van der Waals surface area contributed by atoms with Crippen molar-refractivity contribution in [3.8, 4) is 0 Å². The number of rotatable bonds is 5. The summed E-state index contributed by atoms with van der Waals surface area (Å²) in [5, 5.41) is 0. The molecule has 6 heteroatoms. The summed E-state index contributed by atoms with van der Waals surface area (Å²) in [5.41, 5.74) is 14.5. The van der Waals surface area contributed by atoms with Gasteiger partial charge in [0.2, 0.25) is 0 Å². The van der Waals surface area contributed by atoms with Gasteiger partial charge in [-0.2, -0.15) is 0 Å². The molecule has 0 amide bonds. The van der Waals surface area contributed by atoms with Crippen LogP contribution in [0.1, 0.15) is 0 Å². The third kappa shape index (κ3) is 6.49. The second-order valence-corrected chi connectivity index (χ2v) is 51.6. The van der Waals surface area contributed by atoms with Crippen molar-refractivity contribution in [2.45, 2.75) is 34.3 Å². The van der Waals surface area contributed by atoms with Crippen molar-refractivity contribution in [3.63, 3.8) is 0 Å². The van der Waals surface area contributed by atoms with Crippen LogP contribution >= 0.6 is 16.6 Å². The maximum atomic E-state index is 5.92. The zero-order chi connectivity index (χ0) is 10.7. The molecule has 0 unspecified atom stereocenters. The fraction of sp³-hybridized carbons (Fsp3) is 1.00. The van der Waals surface area contributed by atoms with Gasteiger partial charge in [-0.3, -0.25) is 0 Å². The first-order chi connectivity index (χ1) is 5.68. The van der Waals surface area contributed by atoms with E-state index in [1.165, 1.54) is 0 Å². The van der Waals surface area contributed by atoms with Crippen LogP contribution in [0.3, 0.4) is 0 Å². The SMILES string of the molecule is CO[As](C)(C)(S[As](C)C)S[As](C)C. The van der Waals surface area contributed by atoms with Crippen LogP contribution in [0.4, 0.5) is 0 Å². The fourth-order valence-corrected chi connectivity index (χ4v) is 120. The van der Waals surface area contributed by atoms with Gasteiger partial charge in [-0.25, -0.2) is 0 Å². The summed E-state index contributed by atoms with van der Waals surface area (Å²) in [6.07, 6.45) is 0. The second kappa shape index (κ2) is 5.60. The van der Waals surface area contributed by atoms with E-state index >= 15 is 0 Å². The normalized spacial score (nSPS) is 16.2. The first-order valence-corrected chi connectivity index (χ1v) is 26.7. The maximum absolute atomic E-state index is 5.92. The predicted octanol–water partition coefficient (Wildman–Crippen LogP) is 3.75. The predicted molar refractivity (Wildman–Crippen MR) is 74.6 cm³/mol. The van der Waals surface area contributed by atoms with Gasteiger partial charge in [0.05, 0.1) is 0 Å². The fourth-order valence-electron chi connectivity index (χ4n) is 1.00. The number of hydrogen-bond donors (Lipinski definition) is 0. The summed E-state index contributed by atoms with van der Waals surface area (Å²) in [6.45, 7) is 0. The van der Waals surface area contributed by atoms with E-state index in [9.17, 15) is 0 Å². The average Bonchev–Trinajstić information content (AvgIpc) is 1.82. The summed E-state index contributed by atoms with van der Waals surface area (Å²) in [7, 11) is 3.98. The van der Waals surface area contributed by atoms with Crippen LogP contribution in [0.25, 0.3) is 0 Å². The molecular formula is C7H21As3OS2. The van der Waals surface area contributed by atoms with E-state index in [0.717, 1.165) is 0 Å². The van der Waals surface area contributed by atoms with Gasteiger partial charge in [-0.1, -0.05) is 0 Å². The van der Waals surface area contributed by atoms with E-state index in [-0.39, 0.29) is 0 Å². The molecule has 0 N–H and O–H groups in total. The Labute approximate surface area is 98.0 Å². The minimum absolute atomic E-state index is 0.628. The van der Waals surface area contributed by atoms with E-state index in [1.807, 2.05) is 7.11 Å². The van der Waals surface area contributed by atoms with Gasteiger partial charge in [-0.15, -0.1) is 0 Å². The first-order valence-electron chi connectivity index (χ1n) is 4.00. The van der Waals surface area contributed by atoms with Crippen LogP contribution in [0, 0.1) is 0 Å². The van der Waals surface area contributed by atoms with Gasteiger partial charge in [0.15, 0.2) is 0 Å². The Morgan fingerprint density at radius 2 is 1.23 bits per heavy atom. The summed E-state index contributed by atoms with van der Waals surface area (Å²) in [4.78, 5) is 0. The molecule has 0 saturated heterocycles. The topological polar surface area (TPSA) is 9.23 Å². The Morgan fingerprint density at radius 3 is 1.38 bits per heavy atom. The van der Waals surface area contributed by atoms with Crippen molar-refractivity contribution in [2.75, 3.05) is 7.11 Å². The van der Waals surface area contributed by atoms with E-state index in [4.69, 9.17) is 3.73 Å². The van der Waals surface area contributed by atoms with Crippen molar-refractivity contribution < 1.29 is 3.73 Å². The van der Waals surface area contributed by atoms with Crippen molar-refractivity contribution in [1.29, 1.82) is 0 Å². The van der Waals surface area contributed by atoms with Gasteiger partial charge >= 0.3 is 99.1 Å². The minimum atomic E-state index is -2.41. The molecule has 0 aliphatic heterocycles. The van der Waals surface area contributed by atoms with E-state index in [2.05, 4.69) is 50.8 Å². The molecule has 0 aliphatic carbocycles. The molecule has 0 radical (unpaired) electrons. The molecule has 0 atom stereocenters. The summed E-state index contributed by atoms with van der Waals surface area (Å²) in [5.74, 6) is 0. The van der Waals surface area contributed by atoms with Crippen molar-refractivity contribution >= 4 is 54.0 Å². The van der Waals surface area contributed by atoms with Gasteiger partial charge in [0.1, 0.15) is 0 Å². The first kappa shape index (κ1) is 15.3. The van der Waals surface area contributed by atoms with Gasteiger partial charge < -0.3 is 0 Å². The summed E-state index contributed by atoms with van der Waals surface area (Å²) >= 11 is -1.26. The van der Waals surface area contributed by atoms with E-state index in [0.29, 0.717) is 0 Å². The van der Waals surface area contributed by atoms with E-state index < -0.39 is 37.5 Å². The van der Waals surface area contributed by atoms with Crippen molar-refractivity contribution in [3.05, 3.63) is 0 Å². The standard InChI is InChI=1S/C7H21As3OS2/c1-8(2)12-10(5,6,11-7)13-9(3)4/h1-7H3. The second-order valence-electron chi connectivity index (χ2n) is 3.74. The molecule has 0 spiro atoms. The molecule has 0 bridgehead atoms. The van der Waals surface area contributed by atoms with Crippen molar-refractivity contribution in [2.24, 2.45) is 0 Å². The van der Waals surface area contributed by atoms with Gasteiger partial charge in [-0.05, 0) is 0 Å². The molecule has 13 heavy (non-hydrogen) atoms. The Bertz CT molecular complexity index is 159. The molecule has 0 aromatic heterocycles. The third-order valence-electron chi connectivity index (χ3n) is 1.30. The molecule has 0 rings (SSSR count). The Kier molecular flexibility index (Phi) is 6.61. The summed E-state index contributed by atoms with van der Waals surface area (Å²) in [6, 6.07) is 0. The molecule has 0 heterocycles. The molecule has 0 aliphatic rings. The average molecular weight is 410 g/mol. The molecule has 1 nitrogen and oxygen atoms in total. The van der Waals surface area contributed by atoms with Crippen LogP contribution in [0.15, 0.2) is 0 Å². The molecular weight excluding hydrogens is 389 g/mol. The van der Waals surface area contributed by atoms with Crippen LogP contribution in [-0.2, 0) is 3.73 Å². The van der Waals surface area contributed by atoms with Crippen LogP contribution in [-0.4, -0.2) is 44.6 Å². The Balaban J connectivity index is 4.53. The zero-order valence-electron chi connectivity index (χ0n) is 9.57. The van der Waals surface area contributed by atoms with Gasteiger partial charge in [0.25, 0.3) is 0 Å². The molecule has 0 aromatic rings. The van der Waals surface area contributed by atoms with Crippen LogP contribution < -0.4 is 0 Å². The van der Waals surface area contributed by atoms with Gasteiger partial charge in [0, 0.05) is 0 Å². The summed E-state index contributed by atoms with van der Waals surface area (Å²) < 4.78 is 5.92. The molecule has 0 fully saturated rings. The third-order valence-corrected chi connectivity index (χ3v) is 78.7. The monoisotopic (exact) mass is 410 g/mol. The molecule has 82 valence electrons. The van der Waals surface area contributed by atoms with Crippen molar-refractivity contribution in [1.82, 2.24) is 0 Å². The molecule has 0 aromatic carbocycles. The molecule has 0 saturated carbocycles. The quantitative estimate of drug-likeness (QED) is 0.640. The number of hydrogen-bond acceptors (Lipinski definition) is 3. The Hall–Kier alpha value is 2.34. The Morgan fingerprint density at radius 1 is 0.923 bits per heavy atom. The van der Waals surface area contributed by atoms with Crippen LogP contribution in [0.2, 0.25) is 34.3 Å². The van der Waals surface area contributed by atoms with Crippen LogP contribution in [0.5, 0.6) is 0 Å². The van der Waals surface area contributed by atoms with E-state index in [1.54, 1.807) is 0 Å². The zero-order valence-corrected chi connectivity index (χ0v) is 16.8.